The Bertz CT molecular complexity index is 487. The molecule has 1 aliphatic heterocycles. The van der Waals surface area contributed by atoms with Crippen molar-refractivity contribution in [3.8, 4) is 0 Å². The van der Waals surface area contributed by atoms with Gasteiger partial charge in [-0.05, 0) is 42.7 Å². The van der Waals surface area contributed by atoms with Gasteiger partial charge in [0.1, 0.15) is 6.54 Å². The van der Waals surface area contributed by atoms with Gasteiger partial charge in [0.25, 0.3) is 0 Å². The molecule has 1 saturated heterocycles. The molecule has 0 aromatic carbocycles. The summed E-state index contributed by atoms with van der Waals surface area (Å²) >= 11 is 1.78. The Morgan fingerprint density at radius 2 is 2.13 bits per heavy atom. The summed E-state index contributed by atoms with van der Waals surface area (Å²) in [4.78, 5) is 14.2. The van der Waals surface area contributed by atoms with Crippen LogP contribution in [0.1, 0.15) is 26.1 Å². The first kappa shape index (κ1) is 18.2. The van der Waals surface area contributed by atoms with E-state index < -0.39 is 0 Å². The maximum absolute atomic E-state index is 12.0. The highest BCUT2D eigenvalue weighted by molar-refractivity contribution is 7.98. The Morgan fingerprint density at radius 3 is 2.83 bits per heavy atom. The zero-order valence-electron chi connectivity index (χ0n) is 14.1. The molecule has 0 saturated carbocycles. The fourth-order valence-electron chi connectivity index (χ4n) is 2.71. The minimum atomic E-state index is -0.0524. The second-order valence-electron chi connectivity index (χ2n) is 5.90. The molecule has 130 valence electrons. The molecule has 2 heterocycles. The maximum atomic E-state index is 12.0. The first-order chi connectivity index (χ1) is 11.1. The fourth-order valence-corrected chi connectivity index (χ4v) is 3.14. The second kappa shape index (κ2) is 9.19. The highest BCUT2D eigenvalue weighted by atomic mass is 32.2. The molecule has 0 bridgehead atoms. The summed E-state index contributed by atoms with van der Waals surface area (Å²) in [6.45, 7) is 7.30. The third-order valence-electron chi connectivity index (χ3n) is 3.61. The van der Waals surface area contributed by atoms with E-state index in [1.165, 1.54) is 0 Å². The number of rotatable bonds is 8. The molecule has 0 aliphatic carbocycles. The van der Waals surface area contributed by atoms with Gasteiger partial charge in [-0.15, -0.1) is 5.10 Å². The lowest BCUT2D eigenvalue weighted by molar-refractivity contribution is -0.121. The molecule has 0 unspecified atom stereocenters. The topological polar surface area (TPSA) is 85.2 Å². The molecule has 1 amide bonds. The van der Waals surface area contributed by atoms with Crippen molar-refractivity contribution in [2.24, 2.45) is 0 Å². The van der Waals surface area contributed by atoms with E-state index in [0.29, 0.717) is 18.9 Å². The van der Waals surface area contributed by atoms with Crippen LogP contribution in [-0.4, -0.2) is 74.9 Å². The van der Waals surface area contributed by atoms with Gasteiger partial charge >= 0.3 is 0 Å². The third kappa shape index (κ3) is 6.08. The number of morpholine rings is 1. The van der Waals surface area contributed by atoms with Crippen LogP contribution in [-0.2, 0) is 22.6 Å². The van der Waals surface area contributed by atoms with Gasteiger partial charge in [-0.2, -0.15) is 11.8 Å². The van der Waals surface area contributed by atoms with Crippen LogP contribution < -0.4 is 5.32 Å². The number of carbonyl (C=O) groups excluding carboxylic acids is 1. The molecule has 0 spiro atoms. The molecule has 1 aromatic heterocycles. The zero-order chi connectivity index (χ0) is 16.7. The summed E-state index contributed by atoms with van der Waals surface area (Å²) in [5.41, 5.74) is 0. The third-order valence-corrected chi connectivity index (χ3v) is 4.30. The summed E-state index contributed by atoms with van der Waals surface area (Å²) in [7, 11) is 0. The number of nitrogens with one attached hydrogen (secondary N) is 1. The maximum Gasteiger partial charge on any atom is 0.241 e. The van der Waals surface area contributed by atoms with Gasteiger partial charge in [-0.25, -0.2) is 4.68 Å². The van der Waals surface area contributed by atoms with E-state index in [1.807, 2.05) is 0 Å². The lowest BCUT2D eigenvalue weighted by Gasteiger charge is -2.34. The lowest BCUT2D eigenvalue weighted by atomic mass is 10.2. The Labute approximate surface area is 141 Å². The zero-order valence-corrected chi connectivity index (χ0v) is 14.9. The largest absolute Gasteiger partial charge is 0.373 e. The molecular weight excluding hydrogens is 316 g/mol. The van der Waals surface area contributed by atoms with E-state index in [4.69, 9.17) is 4.74 Å². The van der Waals surface area contributed by atoms with Crippen LogP contribution in [0.15, 0.2) is 0 Å². The smallest absolute Gasteiger partial charge is 0.241 e. The van der Waals surface area contributed by atoms with Gasteiger partial charge in [0, 0.05) is 19.6 Å². The molecule has 1 fully saturated rings. The van der Waals surface area contributed by atoms with Gasteiger partial charge < -0.3 is 10.1 Å². The summed E-state index contributed by atoms with van der Waals surface area (Å²) in [6.07, 6.45) is 3.42. The van der Waals surface area contributed by atoms with Crippen LogP contribution in [0.5, 0.6) is 0 Å². The molecular formula is C14H26N6O2S. The van der Waals surface area contributed by atoms with E-state index >= 15 is 0 Å². The van der Waals surface area contributed by atoms with Crippen molar-refractivity contribution in [3.05, 3.63) is 5.82 Å². The quantitative estimate of drug-likeness (QED) is 0.673. The summed E-state index contributed by atoms with van der Waals surface area (Å²) < 4.78 is 7.31. The fraction of sp³-hybridized carbons (Fsp3) is 0.857. The van der Waals surface area contributed by atoms with E-state index in [2.05, 4.69) is 45.8 Å². The van der Waals surface area contributed by atoms with E-state index in [-0.39, 0.29) is 24.7 Å². The molecule has 8 nitrogen and oxygen atoms in total. The predicted molar refractivity (Wildman–Crippen MR) is 89.1 cm³/mol. The normalized spacial score (nSPS) is 22.2. The van der Waals surface area contributed by atoms with Crippen LogP contribution in [0.4, 0.5) is 0 Å². The van der Waals surface area contributed by atoms with E-state index in [9.17, 15) is 4.79 Å². The van der Waals surface area contributed by atoms with Crippen molar-refractivity contribution < 1.29 is 9.53 Å². The van der Waals surface area contributed by atoms with Crippen molar-refractivity contribution in [2.75, 3.05) is 31.6 Å². The Hall–Kier alpha value is -1.19. The van der Waals surface area contributed by atoms with Crippen molar-refractivity contribution in [2.45, 2.75) is 45.6 Å². The van der Waals surface area contributed by atoms with Gasteiger partial charge in [0.05, 0.1) is 18.8 Å². The minimum absolute atomic E-state index is 0.0524. The van der Waals surface area contributed by atoms with Gasteiger partial charge in [-0.1, -0.05) is 0 Å². The number of ether oxygens (including phenoxy) is 1. The molecule has 1 aliphatic rings. The highest BCUT2D eigenvalue weighted by Gasteiger charge is 2.24. The first-order valence-corrected chi connectivity index (χ1v) is 9.36. The van der Waals surface area contributed by atoms with Gasteiger partial charge in [-0.3, -0.25) is 9.69 Å². The van der Waals surface area contributed by atoms with Crippen LogP contribution >= 0.6 is 11.8 Å². The van der Waals surface area contributed by atoms with Crippen LogP contribution in [0.3, 0.4) is 0 Å². The second-order valence-corrected chi connectivity index (χ2v) is 6.89. The highest BCUT2D eigenvalue weighted by Crippen LogP contribution is 2.12. The van der Waals surface area contributed by atoms with Gasteiger partial charge in [0.15, 0.2) is 5.82 Å². The number of carbonyl (C=O) groups is 1. The Kier molecular flexibility index (Phi) is 7.25. The molecule has 0 radical (unpaired) electrons. The number of thioether (sulfide) groups is 1. The Morgan fingerprint density at radius 1 is 1.39 bits per heavy atom. The summed E-state index contributed by atoms with van der Waals surface area (Å²) in [6, 6.07) is 0. The molecule has 9 heteroatoms. The van der Waals surface area contributed by atoms with Crippen molar-refractivity contribution >= 4 is 17.7 Å². The number of nitrogens with zero attached hydrogens (tertiary/aromatic N) is 5. The Balaban J connectivity index is 1.83. The SMILES string of the molecule is CSCCCNC(=O)Cn1nnnc1CN1C[C@@H](C)O[C@@H](C)C1. The van der Waals surface area contributed by atoms with Crippen LogP contribution in [0.25, 0.3) is 0 Å². The van der Waals surface area contributed by atoms with Crippen LogP contribution in [0, 0.1) is 0 Å². The number of hydrogen-bond acceptors (Lipinski definition) is 7. The van der Waals surface area contributed by atoms with Gasteiger partial charge in [0.2, 0.25) is 5.91 Å². The van der Waals surface area contributed by atoms with Crippen molar-refractivity contribution in [1.29, 1.82) is 0 Å². The summed E-state index contributed by atoms with van der Waals surface area (Å²) in [5.74, 6) is 1.71. The molecule has 1 N–H and O–H groups in total. The van der Waals surface area contributed by atoms with Crippen LogP contribution in [0.2, 0.25) is 0 Å². The number of tetrazole rings is 1. The molecule has 2 rings (SSSR count). The number of amides is 1. The monoisotopic (exact) mass is 342 g/mol. The van der Waals surface area contributed by atoms with Crippen molar-refractivity contribution in [3.63, 3.8) is 0 Å². The minimum Gasteiger partial charge on any atom is -0.373 e. The number of hydrogen-bond donors (Lipinski definition) is 1. The molecule has 1 aromatic rings. The average Bonchev–Trinajstić information content (AvgIpc) is 2.89. The van der Waals surface area contributed by atoms with E-state index in [1.54, 1.807) is 16.4 Å². The summed E-state index contributed by atoms with van der Waals surface area (Å²) in [5, 5.41) is 14.6. The average molecular weight is 342 g/mol. The number of aromatic nitrogens is 4. The lowest BCUT2D eigenvalue weighted by Crippen LogP contribution is -2.45. The standard InChI is InChI=1S/C14H26N6O2S/c1-11-7-19(8-12(2)22-11)9-13-16-17-18-20(13)10-14(21)15-5-4-6-23-3/h11-12H,4-10H2,1-3H3,(H,15,21)/t11-,12+. The first-order valence-electron chi connectivity index (χ1n) is 7.97. The molecule has 2 atom stereocenters. The molecule has 23 heavy (non-hydrogen) atoms. The predicted octanol–water partition coefficient (Wildman–Crippen LogP) is 0.152. The van der Waals surface area contributed by atoms with E-state index in [0.717, 1.165) is 25.3 Å². The van der Waals surface area contributed by atoms with Crippen molar-refractivity contribution in [1.82, 2.24) is 30.4 Å².